The molecule has 1 rings (SSSR count). The summed E-state index contributed by atoms with van der Waals surface area (Å²) < 4.78 is 11.7. The van der Waals surface area contributed by atoms with Crippen LogP contribution in [0, 0.1) is 0 Å². The van der Waals surface area contributed by atoms with Crippen LogP contribution in [-0.4, -0.2) is 20.9 Å². The molecule has 0 amide bonds. The summed E-state index contributed by atoms with van der Waals surface area (Å²) in [5.41, 5.74) is 0.152. The first kappa shape index (κ1) is 14.9. The first-order chi connectivity index (χ1) is 8.36. The number of carboxylic acids is 1. The Morgan fingerprint density at radius 1 is 1.28 bits per heavy atom. The molecule has 1 unspecified atom stereocenters. The van der Waals surface area contributed by atoms with Crippen molar-refractivity contribution < 1.29 is 24.3 Å². The molecule has 3 N–H and O–H groups in total. The molecule has 18 heavy (non-hydrogen) atoms. The zero-order valence-corrected chi connectivity index (χ0v) is 11.0. The first-order valence-electron chi connectivity index (χ1n) is 5.71. The molecule has 6 heteroatoms. The van der Waals surface area contributed by atoms with Crippen molar-refractivity contribution in [3.05, 3.63) is 35.9 Å². The van der Waals surface area contributed by atoms with Gasteiger partial charge < -0.3 is 14.9 Å². The Labute approximate surface area is 106 Å². The first-order valence-corrected chi connectivity index (χ1v) is 7.32. The Bertz CT molecular complexity index is 453. The molecule has 1 aromatic rings. The molecule has 100 valence electrons. The molecule has 0 saturated heterocycles. The van der Waals surface area contributed by atoms with Crippen LogP contribution in [0.4, 0.5) is 0 Å². The third-order valence-corrected chi connectivity index (χ3v) is 4.66. The molecule has 0 spiro atoms. The molecule has 5 nitrogen and oxygen atoms in total. The van der Waals surface area contributed by atoms with E-state index in [9.17, 15) is 24.3 Å². The zero-order valence-electron chi connectivity index (χ0n) is 10.1. The summed E-state index contributed by atoms with van der Waals surface area (Å²) >= 11 is 0. The average Bonchev–Trinajstić information content (AvgIpc) is 2.29. The van der Waals surface area contributed by atoms with E-state index >= 15 is 0 Å². The molecular formula is C12H17O5P. The van der Waals surface area contributed by atoms with Crippen LogP contribution in [0.25, 0.3) is 0 Å². The second kappa shape index (κ2) is 5.65. The van der Waals surface area contributed by atoms with Crippen LogP contribution < -0.4 is 0 Å². The van der Waals surface area contributed by atoms with Crippen molar-refractivity contribution in [1.82, 2.24) is 0 Å². The van der Waals surface area contributed by atoms with Gasteiger partial charge in [0.1, 0.15) is 0 Å². The van der Waals surface area contributed by atoms with Gasteiger partial charge in [0, 0.05) is 0 Å². The Kier molecular flexibility index (Phi) is 4.68. The van der Waals surface area contributed by atoms with Crippen LogP contribution >= 0.6 is 7.60 Å². The van der Waals surface area contributed by atoms with Crippen molar-refractivity contribution >= 4 is 13.6 Å². The monoisotopic (exact) mass is 272 g/mol. The van der Waals surface area contributed by atoms with Gasteiger partial charge in [-0.25, -0.2) is 0 Å². The van der Waals surface area contributed by atoms with E-state index < -0.39 is 18.7 Å². The Morgan fingerprint density at radius 2 is 1.83 bits per heavy atom. The van der Waals surface area contributed by atoms with E-state index in [4.69, 9.17) is 0 Å². The molecule has 0 aliphatic carbocycles. The van der Waals surface area contributed by atoms with Gasteiger partial charge in [-0.2, -0.15) is 0 Å². The molecule has 0 saturated carbocycles. The standard InChI is InChI=1S/C12H17O5P/c1-2-3-9-12(11(13)14,18(15,16)17)10-7-5-4-6-8-10/h4-8H,2-3,9H2,1H3,(H,13,14)(H2,15,16,17). The van der Waals surface area contributed by atoms with Crippen LogP contribution in [0.1, 0.15) is 31.7 Å². The fourth-order valence-corrected chi connectivity index (χ4v) is 3.14. The molecular weight excluding hydrogens is 255 g/mol. The van der Waals surface area contributed by atoms with Gasteiger partial charge in [0.25, 0.3) is 0 Å². The smallest absolute Gasteiger partial charge is 0.347 e. The highest BCUT2D eigenvalue weighted by atomic mass is 31.2. The molecule has 0 bridgehead atoms. The Morgan fingerprint density at radius 3 is 2.22 bits per heavy atom. The maximum atomic E-state index is 11.7. The van der Waals surface area contributed by atoms with Crippen molar-refractivity contribution in [2.45, 2.75) is 31.3 Å². The number of carboxylic acid groups (broad SMARTS) is 1. The van der Waals surface area contributed by atoms with Crippen molar-refractivity contribution in [3.8, 4) is 0 Å². The summed E-state index contributed by atoms with van der Waals surface area (Å²) in [6, 6.07) is 7.73. The number of hydrogen-bond donors (Lipinski definition) is 3. The van der Waals surface area contributed by atoms with E-state index in [0.717, 1.165) is 0 Å². The summed E-state index contributed by atoms with van der Waals surface area (Å²) in [7, 11) is -4.81. The molecule has 0 aromatic heterocycles. The van der Waals surface area contributed by atoms with Gasteiger partial charge in [-0.1, -0.05) is 50.1 Å². The van der Waals surface area contributed by atoms with Gasteiger partial charge in [0.2, 0.25) is 0 Å². The van der Waals surface area contributed by atoms with E-state index in [1.54, 1.807) is 18.2 Å². The van der Waals surface area contributed by atoms with Gasteiger partial charge >= 0.3 is 13.6 Å². The Hall–Kier alpha value is -1.16. The van der Waals surface area contributed by atoms with Gasteiger partial charge in [0.15, 0.2) is 5.16 Å². The highest BCUT2D eigenvalue weighted by molar-refractivity contribution is 7.54. The minimum atomic E-state index is -4.81. The minimum absolute atomic E-state index is 0.0763. The highest BCUT2D eigenvalue weighted by Crippen LogP contribution is 2.59. The lowest BCUT2D eigenvalue weighted by Gasteiger charge is -2.30. The largest absolute Gasteiger partial charge is 0.480 e. The van der Waals surface area contributed by atoms with E-state index in [1.165, 1.54) is 12.1 Å². The van der Waals surface area contributed by atoms with Crippen molar-refractivity contribution in [2.24, 2.45) is 0 Å². The highest BCUT2D eigenvalue weighted by Gasteiger charge is 2.54. The maximum absolute atomic E-state index is 11.7. The molecule has 0 aliphatic rings. The van der Waals surface area contributed by atoms with Crippen LogP contribution in [0.5, 0.6) is 0 Å². The quantitative estimate of drug-likeness (QED) is 0.691. The summed E-state index contributed by atoms with van der Waals surface area (Å²) in [6.45, 7) is 1.84. The number of carbonyl (C=O) groups is 1. The Balaban J connectivity index is 3.40. The molecule has 0 aliphatic heterocycles. The van der Waals surface area contributed by atoms with Crippen LogP contribution in [0.3, 0.4) is 0 Å². The lowest BCUT2D eigenvalue weighted by molar-refractivity contribution is -0.141. The van der Waals surface area contributed by atoms with Gasteiger partial charge in [-0.3, -0.25) is 9.36 Å². The summed E-state index contributed by atoms with van der Waals surface area (Å²) in [4.78, 5) is 30.5. The second-order valence-electron chi connectivity index (χ2n) is 4.18. The fraction of sp³-hybridized carbons (Fsp3) is 0.417. The molecule has 0 fully saturated rings. The topological polar surface area (TPSA) is 94.8 Å². The van der Waals surface area contributed by atoms with E-state index in [2.05, 4.69) is 0 Å². The second-order valence-corrected chi connectivity index (χ2v) is 6.03. The SMILES string of the molecule is CCCCC(C(=O)O)(c1ccccc1)P(=O)(O)O. The molecule has 1 aromatic carbocycles. The number of unbranched alkanes of at least 4 members (excludes halogenated alkanes) is 1. The van der Waals surface area contributed by atoms with E-state index in [0.29, 0.717) is 12.8 Å². The third kappa shape index (κ3) is 2.64. The average molecular weight is 272 g/mol. The van der Waals surface area contributed by atoms with Crippen LogP contribution in [-0.2, 0) is 14.5 Å². The van der Waals surface area contributed by atoms with E-state index in [1.807, 2.05) is 6.92 Å². The van der Waals surface area contributed by atoms with Gasteiger partial charge in [-0.05, 0) is 12.0 Å². The number of rotatable bonds is 6. The lowest BCUT2D eigenvalue weighted by Crippen LogP contribution is -2.35. The summed E-state index contributed by atoms with van der Waals surface area (Å²) in [5.74, 6) is -1.48. The normalized spacial score (nSPS) is 15.1. The molecule has 1 atom stereocenters. The molecule has 0 heterocycles. The lowest BCUT2D eigenvalue weighted by atomic mass is 9.92. The van der Waals surface area contributed by atoms with E-state index in [-0.39, 0.29) is 12.0 Å². The number of benzene rings is 1. The minimum Gasteiger partial charge on any atom is -0.480 e. The predicted octanol–water partition coefficient (Wildman–Crippen LogP) is 2.33. The van der Waals surface area contributed by atoms with Crippen LogP contribution in [0.15, 0.2) is 30.3 Å². The van der Waals surface area contributed by atoms with Crippen molar-refractivity contribution in [2.75, 3.05) is 0 Å². The molecule has 0 radical (unpaired) electrons. The van der Waals surface area contributed by atoms with Crippen LogP contribution in [0.2, 0.25) is 0 Å². The third-order valence-electron chi connectivity index (χ3n) is 2.99. The van der Waals surface area contributed by atoms with Gasteiger partial charge in [0.05, 0.1) is 0 Å². The summed E-state index contributed by atoms with van der Waals surface area (Å²) in [5, 5.41) is 7.21. The van der Waals surface area contributed by atoms with Gasteiger partial charge in [-0.15, -0.1) is 0 Å². The number of aliphatic carboxylic acids is 1. The predicted molar refractivity (Wildman–Crippen MR) is 67.3 cm³/mol. The summed E-state index contributed by atoms with van der Waals surface area (Å²) in [6.07, 6.45) is 1.03. The maximum Gasteiger partial charge on any atom is 0.347 e. The van der Waals surface area contributed by atoms with Crippen molar-refractivity contribution in [1.29, 1.82) is 0 Å². The zero-order chi connectivity index (χ0) is 13.8. The van der Waals surface area contributed by atoms with Crippen molar-refractivity contribution in [3.63, 3.8) is 0 Å². The number of hydrogen-bond acceptors (Lipinski definition) is 2. The fourth-order valence-electron chi connectivity index (χ4n) is 1.96.